The molecule has 83 heavy (non-hydrogen) atoms. The summed E-state index contributed by atoms with van der Waals surface area (Å²) in [6.45, 7) is 6.71. The molecule has 456 valence electrons. The summed E-state index contributed by atoms with van der Waals surface area (Å²) in [5, 5.41) is 16.8. The van der Waals surface area contributed by atoms with Crippen LogP contribution in [-0.2, 0) is 63.6 Å². The van der Waals surface area contributed by atoms with Gasteiger partial charge < -0.3 is 63.2 Å². The van der Waals surface area contributed by atoms with Crippen LogP contribution in [0.5, 0.6) is 5.75 Å². The van der Waals surface area contributed by atoms with E-state index in [2.05, 4.69) is 10.6 Å². The van der Waals surface area contributed by atoms with Crippen LogP contribution in [0.4, 0.5) is 20.1 Å². The zero-order valence-corrected chi connectivity index (χ0v) is 50.3. The molecule has 0 radical (unpaired) electrons. The second kappa shape index (κ2) is 29.3. The van der Waals surface area contributed by atoms with Crippen LogP contribution >= 0.6 is 23.4 Å². The minimum Gasteiger partial charge on any atom is -0.495 e. The second-order valence-corrected chi connectivity index (χ2v) is 23.0. The molecule has 2 unspecified atom stereocenters. The van der Waals surface area contributed by atoms with Gasteiger partial charge in [0.1, 0.15) is 53.4 Å². The molecule has 0 saturated carbocycles. The lowest BCUT2D eigenvalue weighted by Crippen LogP contribution is -2.63. The third-order valence-electron chi connectivity index (χ3n) is 15.5. The number of esters is 1. The molecule has 10 atom stereocenters. The van der Waals surface area contributed by atoms with E-state index in [1.807, 2.05) is 19.1 Å². The van der Waals surface area contributed by atoms with Crippen LogP contribution in [0, 0.1) is 5.92 Å². The summed E-state index contributed by atoms with van der Waals surface area (Å²) in [5.41, 5.74) is -1.25. The molecule has 4 aliphatic heterocycles. The first-order valence-corrected chi connectivity index (χ1v) is 28.9. The Balaban J connectivity index is 1.03. The summed E-state index contributed by atoms with van der Waals surface area (Å²) in [6, 6.07) is 2.34. The van der Waals surface area contributed by atoms with Crippen molar-refractivity contribution >= 4 is 82.0 Å². The maximum absolute atomic E-state index is 14.4. The van der Waals surface area contributed by atoms with Crippen LogP contribution in [0.25, 0.3) is 0 Å². The number of halogens is 1. The highest BCUT2D eigenvalue weighted by Gasteiger charge is 2.64. The number of nitrogens with one attached hydrogen (secondary N) is 2. The highest BCUT2D eigenvalue weighted by molar-refractivity contribution is 8.13. The zero-order valence-electron chi connectivity index (χ0n) is 48.7. The third-order valence-corrected chi connectivity index (χ3v) is 16.8. The third kappa shape index (κ3) is 17.1. The first-order valence-electron chi connectivity index (χ1n) is 27.5. The number of ether oxygens (including phenoxy) is 7. The molecule has 4 heterocycles. The number of hydrogen-bond donors (Lipinski definition) is 3. The maximum atomic E-state index is 14.4. The number of carbonyl (C=O) groups is 9. The number of nitrogens with zero attached hydrogens (tertiary/aromatic N) is 5. The van der Waals surface area contributed by atoms with Gasteiger partial charge in [-0.1, -0.05) is 66.6 Å². The number of allylic oxidation sites excluding steroid dienone is 4. The molecule has 26 heteroatoms. The van der Waals surface area contributed by atoms with Crippen molar-refractivity contribution in [2.75, 3.05) is 85.8 Å². The number of alkyl carbamates (subject to hydrolysis) is 1. The monoisotopic (exact) mass is 1200 g/mol. The number of amides is 8. The number of thioether (sulfide) groups is 1. The van der Waals surface area contributed by atoms with E-state index < -0.39 is 114 Å². The van der Waals surface area contributed by atoms with Crippen LogP contribution < -0.4 is 20.3 Å². The average Bonchev–Trinajstić information content (AvgIpc) is 2.04. The van der Waals surface area contributed by atoms with Crippen molar-refractivity contribution in [2.24, 2.45) is 5.92 Å². The summed E-state index contributed by atoms with van der Waals surface area (Å²) in [5.74, 6) is -3.46. The van der Waals surface area contributed by atoms with E-state index in [9.17, 15) is 48.3 Å². The predicted octanol–water partition coefficient (Wildman–Crippen LogP) is 4.68. The quantitative estimate of drug-likeness (QED) is 0.0591. The first-order chi connectivity index (χ1) is 39.3. The molecular formula is C57H78ClN7O17S. The van der Waals surface area contributed by atoms with Crippen LogP contribution in [-0.4, -0.2) is 213 Å². The summed E-state index contributed by atoms with van der Waals surface area (Å²) in [4.78, 5) is 124. The van der Waals surface area contributed by atoms with E-state index >= 15 is 0 Å². The van der Waals surface area contributed by atoms with E-state index in [1.165, 1.54) is 61.9 Å². The molecule has 8 amide bonds. The van der Waals surface area contributed by atoms with Crippen molar-refractivity contribution in [1.29, 1.82) is 0 Å². The number of methoxy groups -OCH3 is 2. The Morgan fingerprint density at radius 2 is 1.72 bits per heavy atom. The Morgan fingerprint density at radius 3 is 2.42 bits per heavy atom. The van der Waals surface area contributed by atoms with Gasteiger partial charge in [0.2, 0.25) is 17.7 Å². The number of imide groups is 1. The van der Waals surface area contributed by atoms with E-state index in [0.717, 1.165) is 59.2 Å². The smallest absolute Gasteiger partial charge is 0.410 e. The molecule has 0 spiro atoms. The average molecular weight is 1200 g/mol. The fraction of sp³-hybridized carbons (Fsp3) is 0.596. The van der Waals surface area contributed by atoms with E-state index in [4.69, 9.17) is 44.8 Å². The number of fused-ring (bicyclic) bond motifs is 5. The molecule has 1 aliphatic carbocycles. The first kappa shape index (κ1) is 65.6. The van der Waals surface area contributed by atoms with Gasteiger partial charge in [-0.15, -0.1) is 0 Å². The summed E-state index contributed by atoms with van der Waals surface area (Å²) >= 11 is 7.70. The van der Waals surface area contributed by atoms with Gasteiger partial charge in [-0.25, -0.2) is 14.4 Å². The number of likely N-dealkylation sites (N-methyl/N-ethyl adjacent to an activating group) is 3. The normalized spacial score (nSPS) is 28.1. The van der Waals surface area contributed by atoms with Gasteiger partial charge in [-0.05, 0) is 70.2 Å². The molecular weight excluding hydrogens is 1120 g/mol. The fourth-order valence-corrected chi connectivity index (χ4v) is 11.1. The number of aliphatic hydroxyl groups is 1. The lowest BCUT2D eigenvalue weighted by molar-refractivity contribution is -0.162. The van der Waals surface area contributed by atoms with Crippen LogP contribution in [0.2, 0.25) is 5.02 Å². The van der Waals surface area contributed by atoms with Crippen molar-refractivity contribution in [3.63, 3.8) is 0 Å². The molecule has 2 fully saturated rings. The summed E-state index contributed by atoms with van der Waals surface area (Å²) in [7, 11) is 8.89. The van der Waals surface area contributed by atoms with E-state index in [-0.39, 0.29) is 61.6 Å². The number of benzene rings is 1. The molecule has 1 aromatic rings. The summed E-state index contributed by atoms with van der Waals surface area (Å²) < 4.78 is 41.2. The van der Waals surface area contributed by atoms with Gasteiger partial charge in [0, 0.05) is 98.1 Å². The number of hydrogen-bond acceptors (Lipinski definition) is 18. The number of rotatable bonds is 18. The Hall–Kier alpha value is -6.51. The molecule has 1 aromatic carbocycles. The van der Waals surface area contributed by atoms with Gasteiger partial charge in [-0.3, -0.25) is 39.0 Å². The maximum Gasteiger partial charge on any atom is 0.410 e. The van der Waals surface area contributed by atoms with Crippen molar-refractivity contribution in [2.45, 2.75) is 133 Å². The van der Waals surface area contributed by atoms with Crippen molar-refractivity contribution in [1.82, 2.24) is 30.2 Å². The van der Waals surface area contributed by atoms with Crippen LogP contribution in [0.15, 0.2) is 60.2 Å². The highest BCUT2D eigenvalue weighted by atomic mass is 35.5. The molecule has 6 rings (SSSR count). The van der Waals surface area contributed by atoms with Gasteiger partial charge in [0.25, 0.3) is 17.1 Å². The molecule has 5 aliphatic rings. The van der Waals surface area contributed by atoms with Gasteiger partial charge in [0.05, 0.1) is 31.4 Å². The molecule has 3 N–H and O–H groups in total. The lowest BCUT2D eigenvalue weighted by atomic mass is 9.83. The lowest BCUT2D eigenvalue weighted by Gasteiger charge is -2.42. The highest BCUT2D eigenvalue weighted by Crippen LogP contribution is 2.49. The molecule has 24 nitrogen and oxygen atoms in total. The SMILES string of the molecule is COc1cc2cc(c1Cl)N(C)C(=O)C[C@H](OC(=O)[C@H](C)N(C)C(=O)CCSC(=O)N(C)CCN(C)C(=O)OC1/C=C/CCCCC1OCC(=O)NCCN1C(=O)C=CC1=O)[C@]1(C)O[C@H]1[C@H](C)[C@@H]1C[C@@](O)(NC(=O)O1)[C@H](OC)/C=C/C=C(\C)C2. The topological polar surface area (TPSA) is 282 Å². The van der Waals surface area contributed by atoms with Crippen molar-refractivity contribution in [3.8, 4) is 5.75 Å². The largest absolute Gasteiger partial charge is 0.495 e. The van der Waals surface area contributed by atoms with Crippen molar-refractivity contribution in [3.05, 3.63) is 70.8 Å². The Kier molecular flexibility index (Phi) is 23.2. The zero-order chi connectivity index (χ0) is 60.9. The van der Waals surface area contributed by atoms with E-state index in [1.54, 1.807) is 51.3 Å². The molecule has 2 saturated heterocycles. The number of carbonyl (C=O) groups excluding carboxylic acids is 9. The fourth-order valence-electron chi connectivity index (χ4n) is 10.0. The van der Waals surface area contributed by atoms with Crippen LogP contribution in [0.3, 0.4) is 0 Å². The Bertz CT molecular complexity index is 2710. The van der Waals surface area contributed by atoms with Crippen molar-refractivity contribution < 1.29 is 81.4 Å². The predicted molar refractivity (Wildman–Crippen MR) is 305 cm³/mol. The molecule has 4 bridgehead atoms. The summed E-state index contributed by atoms with van der Waals surface area (Å²) in [6.07, 6.45) is 6.82. The Labute approximate surface area is 493 Å². The van der Waals surface area contributed by atoms with Gasteiger partial charge in [-0.2, -0.15) is 0 Å². The molecule has 0 aromatic heterocycles. The van der Waals surface area contributed by atoms with Crippen LogP contribution in [0.1, 0.15) is 78.2 Å². The minimum absolute atomic E-state index is 0.00878. The van der Waals surface area contributed by atoms with Gasteiger partial charge >= 0.3 is 18.2 Å². The van der Waals surface area contributed by atoms with E-state index in [0.29, 0.717) is 24.3 Å². The second-order valence-electron chi connectivity index (χ2n) is 21.5. The minimum atomic E-state index is -1.90. The number of anilines is 1. The van der Waals surface area contributed by atoms with Gasteiger partial charge in [0.15, 0.2) is 5.72 Å². The number of epoxide rings is 1. The standard InChI is InChI=1S/C57H78ClN7O17S/c1-34-16-15-19-43(77-10)57(75)32-42(79-53(72)60-57)35(2)51-56(4,82-51)44(31-49(70)64(8)38-29-37(28-34)30-41(76-9)50(38)58)81-52(71)36(3)63(7)46(67)22-27-83-55(74)62(6)26-25-61(5)54(73)80-40-18-14-12-11-13-17-39(40)78-33-45(66)59-23-24-65-47(68)20-21-48(65)69/h14-16,18-21,29-30,35-36,39-40,42-44,51,75H,11-13,17,22-28,31-33H2,1-10H3,(H,59,66)(H,60,72)/b18-14+,19-15+,34-16+/t35-,36+,39?,40?,42+,43-,44+,51+,56+,57+/m1/s1. The Morgan fingerprint density at radius 1 is 1.01 bits per heavy atom.